The van der Waals surface area contributed by atoms with Crippen molar-refractivity contribution >= 4 is 17.6 Å². The molecule has 0 aliphatic carbocycles. The molecule has 21 heavy (non-hydrogen) atoms. The molecule has 1 aliphatic rings. The number of hydrogen-bond donors (Lipinski definition) is 2. The lowest BCUT2D eigenvalue weighted by atomic mass is 10.1. The molecule has 1 aromatic carbocycles. The first-order valence-electron chi connectivity index (χ1n) is 7.13. The highest BCUT2D eigenvalue weighted by Gasteiger charge is 2.21. The predicted molar refractivity (Wildman–Crippen MR) is 81.9 cm³/mol. The minimum absolute atomic E-state index is 0.126. The van der Waals surface area contributed by atoms with Crippen LogP contribution in [-0.4, -0.2) is 48.9 Å². The second-order valence-electron chi connectivity index (χ2n) is 5.18. The summed E-state index contributed by atoms with van der Waals surface area (Å²) in [7, 11) is 1.60. The minimum Gasteiger partial charge on any atom is -0.497 e. The summed E-state index contributed by atoms with van der Waals surface area (Å²) in [4.78, 5) is 13.6. The molecule has 1 heterocycles. The number of piperidine rings is 1. The summed E-state index contributed by atoms with van der Waals surface area (Å²) in [6.45, 7) is 1.62. The van der Waals surface area contributed by atoms with E-state index in [4.69, 9.17) is 16.3 Å². The fraction of sp³-hybridized carbons (Fsp3) is 0.533. The van der Waals surface area contributed by atoms with Crippen LogP contribution in [0.15, 0.2) is 18.2 Å². The number of rotatable bonds is 4. The molecule has 5 nitrogen and oxygen atoms in total. The van der Waals surface area contributed by atoms with E-state index in [0.29, 0.717) is 31.1 Å². The third-order valence-electron chi connectivity index (χ3n) is 3.61. The van der Waals surface area contributed by atoms with E-state index in [1.807, 2.05) is 12.1 Å². The Morgan fingerprint density at radius 1 is 1.57 bits per heavy atom. The van der Waals surface area contributed by atoms with Crippen molar-refractivity contribution in [3.8, 4) is 5.75 Å². The van der Waals surface area contributed by atoms with Crippen LogP contribution in [-0.2, 0) is 6.42 Å². The SMILES string of the molecule is COc1ccc(CCNC(=O)N2CCCC(O)C2)c(Cl)c1. The zero-order valence-electron chi connectivity index (χ0n) is 12.1. The second-order valence-corrected chi connectivity index (χ2v) is 5.59. The Hall–Kier alpha value is -1.46. The maximum Gasteiger partial charge on any atom is 0.317 e. The number of carbonyl (C=O) groups is 1. The average molecular weight is 313 g/mol. The van der Waals surface area contributed by atoms with Crippen LogP contribution in [0.3, 0.4) is 0 Å². The van der Waals surface area contributed by atoms with Gasteiger partial charge in [-0.2, -0.15) is 0 Å². The number of aliphatic hydroxyl groups excluding tert-OH is 1. The van der Waals surface area contributed by atoms with Gasteiger partial charge in [-0.3, -0.25) is 0 Å². The van der Waals surface area contributed by atoms with E-state index in [9.17, 15) is 9.90 Å². The first-order valence-corrected chi connectivity index (χ1v) is 7.51. The van der Waals surface area contributed by atoms with E-state index in [0.717, 1.165) is 24.2 Å². The molecule has 0 bridgehead atoms. The predicted octanol–water partition coefficient (Wildman–Crippen LogP) is 2.06. The quantitative estimate of drug-likeness (QED) is 0.894. The van der Waals surface area contributed by atoms with Crippen molar-refractivity contribution in [3.05, 3.63) is 28.8 Å². The third-order valence-corrected chi connectivity index (χ3v) is 3.97. The number of β-amino-alcohol motifs (C(OH)–C–C–N with tert-alkyl or cyclic N) is 1. The smallest absolute Gasteiger partial charge is 0.317 e. The Kier molecular flexibility index (Phi) is 5.70. The molecule has 6 heteroatoms. The van der Waals surface area contributed by atoms with E-state index in [-0.39, 0.29) is 6.03 Å². The van der Waals surface area contributed by atoms with E-state index in [1.54, 1.807) is 18.1 Å². The molecule has 2 amide bonds. The van der Waals surface area contributed by atoms with Gasteiger partial charge in [-0.25, -0.2) is 4.79 Å². The van der Waals surface area contributed by atoms with Crippen LogP contribution < -0.4 is 10.1 Å². The Balaban J connectivity index is 1.79. The zero-order valence-corrected chi connectivity index (χ0v) is 12.9. The topological polar surface area (TPSA) is 61.8 Å². The number of amides is 2. The van der Waals surface area contributed by atoms with Crippen LogP contribution >= 0.6 is 11.6 Å². The summed E-state index contributed by atoms with van der Waals surface area (Å²) in [6.07, 6.45) is 1.87. The Morgan fingerprint density at radius 3 is 3.05 bits per heavy atom. The van der Waals surface area contributed by atoms with Crippen molar-refractivity contribution in [2.24, 2.45) is 0 Å². The highest BCUT2D eigenvalue weighted by Crippen LogP contribution is 2.22. The molecule has 0 spiro atoms. The molecule has 1 atom stereocenters. The molecule has 0 aromatic heterocycles. The van der Waals surface area contributed by atoms with Crippen molar-refractivity contribution in [1.82, 2.24) is 10.2 Å². The molecule has 116 valence electrons. The summed E-state index contributed by atoms with van der Waals surface area (Å²) >= 11 is 6.16. The van der Waals surface area contributed by atoms with Crippen molar-refractivity contribution in [1.29, 1.82) is 0 Å². The molecule has 1 saturated heterocycles. The minimum atomic E-state index is -0.402. The number of nitrogens with one attached hydrogen (secondary N) is 1. The van der Waals surface area contributed by atoms with E-state index in [1.165, 1.54) is 0 Å². The van der Waals surface area contributed by atoms with Crippen LogP contribution in [0.25, 0.3) is 0 Å². The maximum absolute atomic E-state index is 12.0. The van der Waals surface area contributed by atoms with Crippen LogP contribution in [0.1, 0.15) is 18.4 Å². The van der Waals surface area contributed by atoms with Gasteiger partial charge in [-0.1, -0.05) is 17.7 Å². The lowest BCUT2D eigenvalue weighted by molar-refractivity contribution is 0.0843. The van der Waals surface area contributed by atoms with E-state index < -0.39 is 6.10 Å². The van der Waals surface area contributed by atoms with Gasteiger partial charge >= 0.3 is 6.03 Å². The number of ether oxygens (including phenoxy) is 1. The second kappa shape index (κ2) is 7.52. The van der Waals surface area contributed by atoms with Gasteiger partial charge in [0.25, 0.3) is 0 Å². The van der Waals surface area contributed by atoms with Crippen LogP contribution in [0, 0.1) is 0 Å². The van der Waals surface area contributed by atoms with Crippen molar-refractivity contribution < 1.29 is 14.6 Å². The van der Waals surface area contributed by atoms with Crippen molar-refractivity contribution in [2.75, 3.05) is 26.7 Å². The number of benzene rings is 1. The Bertz CT molecular complexity index is 496. The number of urea groups is 1. The largest absolute Gasteiger partial charge is 0.497 e. The highest BCUT2D eigenvalue weighted by atomic mass is 35.5. The van der Waals surface area contributed by atoms with Gasteiger partial charge in [0, 0.05) is 24.7 Å². The molecule has 2 rings (SSSR count). The molecule has 2 N–H and O–H groups in total. The molecule has 0 radical (unpaired) electrons. The lowest BCUT2D eigenvalue weighted by Gasteiger charge is -2.30. The lowest BCUT2D eigenvalue weighted by Crippen LogP contribution is -2.47. The van der Waals surface area contributed by atoms with Gasteiger partial charge in [0.1, 0.15) is 5.75 Å². The van der Waals surface area contributed by atoms with Crippen molar-refractivity contribution in [2.45, 2.75) is 25.4 Å². The number of hydrogen-bond acceptors (Lipinski definition) is 3. The fourth-order valence-corrected chi connectivity index (χ4v) is 2.68. The zero-order chi connectivity index (χ0) is 15.2. The molecule has 1 aromatic rings. The number of aliphatic hydroxyl groups is 1. The van der Waals surface area contributed by atoms with Gasteiger partial charge in [0.15, 0.2) is 0 Å². The van der Waals surface area contributed by atoms with Crippen LogP contribution in [0.5, 0.6) is 5.75 Å². The Labute approximate surface area is 129 Å². The third kappa shape index (κ3) is 4.51. The summed E-state index contributed by atoms with van der Waals surface area (Å²) in [6, 6.07) is 5.39. The number of methoxy groups -OCH3 is 1. The normalized spacial score (nSPS) is 18.4. The van der Waals surface area contributed by atoms with Gasteiger partial charge in [0.2, 0.25) is 0 Å². The summed E-state index contributed by atoms with van der Waals surface area (Å²) in [5.41, 5.74) is 0.969. The number of nitrogens with zero attached hydrogens (tertiary/aromatic N) is 1. The molecular weight excluding hydrogens is 292 g/mol. The monoisotopic (exact) mass is 312 g/mol. The molecule has 1 aliphatic heterocycles. The van der Waals surface area contributed by atoms with Gasteiger partial charge in [-0.15, -0.1) is 0 Å². The van der Waals surface area contributed by atoms with Crippen molar-refractivity contribution in [3.63, 3.8) is 0 Å². The summed E-state index contributed by atoms with van der Waals surface area (Å²) in [5, 5.41) is 13.1. The van der Waals surface area contributed by atoms with Gasteiger partial charge < -0.3 is 20.1 Å². The summed E-state index contributed by atoms with van der Waals surface area (Å²) in [5.74, 6) is 0.718. The first kappa shape index (κ1) is 15.9. The maximum atomic E-state index is 12.0. The highest BCUT2D eigenvalue weighted by molar-refractivity contribution is 6.31. The molecular formula is C15H21ClN2O3. The average Bonchev–Trinajstić information content (AvgIpc) is 2.48. The number of carbonyl (C=O) groups excluding carboxylic acids is 1. The summed E-state index contributed by atoms with van der Waals surface area (Å²) < 4.78 is 5.10. The standard InChI is InChI=1S/C15H21ClN2O3/c1-21-13-5-4-11(14(16)9-13)6-7-17-15(20)18-8-2-3-12(19)10-18/h4-5,9,12,19H,2-3,6-8,10H2,1H3,(H,17,20). The van der Waals surface area contributed by atoms with Crippen LogP contribution in [0.4, 0.5) is 4.79 Å². The number of likely N-dealkylation sites (tertiary alicyclic amines) is 1. The van der Waals surface area contributed by atoms with Gasteiger partial charge in [-0.05, 0) is 37.0 Å². The van der Waals surface area contributed by atoms with Gasteiger partial charge in [0.05, 0.1) is 13.2 Å². The first-order chi connectivity index (χ1) is 10.1. The molecule has 1 unspecified atom stereocenters. The number of halogens is 1. The van der Waals surface area contributed by atoms with E-state index in [2.05, 4.69) is 5.32 Å². The molecule has 1 fully saturated rings. The molecule has 0 saturated carbocycles. The van der Waals surface area contributed by atoms with E-state index >= 15 is 0 Å². The Morgan fingerprint density at radius 2 is 2.38 bits per heavy atom. The van der Waals surface area contributed by atoms with Crippen LogP contribution in [0.2, 0.25) is 5.02 Å². The fourth-order valence-electron chi connectivity index (χ4n) is 2.41.